The van der Waals surface area contributed by atoms with Gasteiger partial charge in [0.1, 0.15) is 11.4 Å². The van der Waals surface area contributed by atoms with Crippen molar-refractivity contribution in [1.29, 1.82) is 0 Å². The first-order valence-electron chi connectivity index (χ1n) is 20.6. The summed E-state index contributed by atoms with van der Waals surface area (Å²) in [7, 11) is 0. The lowest BCUT2D eigenvalue weighted by atomic mass is 10.2. The van der Waals surface area contributed by atoms with Gasteiger partial charge in [0.05, 0.1) is 40.9 Å². The second-order valence-electron chi connectivity index (χ2n) is 14.3. The van der Waals surface area contributed by atoms with E-state index in [1.165, 1.54) is 27.7 Å². The second kappa shape index (κ2) is 23.4. The summed E-state index contributed by atoms with van der Waals surface area (Å²) in [5.41, 5.74) is -0.0495. The molecule has 0 radical (unpaired) electrons. The number of hydrogen-bond acceptors (Lipinski definition) is 11. The topological polar surface area (TPSA) is 227 Å². The number of carbonyl (C=O) groups excluding carboxylic acids is 1. The molecule has 4 heterocycles. The Labute approximate surface area is 362 Å². The van der Waals surface area contributed by atoms with Crippen LogP contribution in [-0.2, 0) is 39.3 Å². The van der Waals surface area contributed by atoms with E-state index in [1.54, 1.807) is 40.2 Å². The largest absolute Gasteiger partial charge is 0.357 e. The minimum Gasteiger partial charge on any atom is -0.298 e. The monoisotopic (exact) mass is 864 g/mol. The summed E-state index contributed by atoms with van der Waals surface area (Å²) in [6.07, 6.45) is 13.0. The van der Waals surface area contributed by atoms with Crippen molar-refractivity contribution >= 4 is 29.8 Å². The Bertz CT molecular complexity index is 2760. The van der Waals surface area contributed by atoms with Crippen molar-refractivity contribution in [3.63, 3.8) is 0 Å². The van der Waals surface area contributed by atoms with Gasteiger partial charge in [0.2, 0.25) is 0 Å². The summed E-state index contributed by atoms with van der Waals surface area (Å²) in [6.45, 7) is 11.1. The molecule has 332 valence electrons. The summed E-state index contributed by atoms with van der Waals surface area (Å²) < 4.78 is 8.00. The first-order chi connectivity index (χ1) is 30.3. The van der Waals surface area contributed by atoms with Gasteiger partial charge in [-0.15, -0.1) is 0 Å². The van der Waals surface area contributed by atoms with Crippen molar-refractivity contribution < 1.29 is 14.6 Å². The molecule has 0 N–H and O–H groups in total. The number of benzene rings is 2. The molecule has 19 heteroatoms. The van der Waals surface area contributed by atoms with E-state index in [9.17, 15) is 44.2 Å². The highest BCUT2D eigenvalue weighted by Crippen LogP contribution is 2.17. The molecule has 19 nitrogen and oxygen atoms in total. The lowest BCUT2D eigenvalue weighted by Crippen LogP contribution is -2.42. The molecule has 0 fully saturated rings. The van der Waals surface area contributed by atoms with E-state index in [4.69, 9.17) is 0 Å². The van der Waals surface area contributed by atoms with Crippen molar-refractivity contribution in [3.8, 4) is 0 Å². The zero-order valence-electron chi connectivity index (χ0n) is 36.0. The highest BCUT2D eigenvalue weighted by molar-refractivity contribution is 5.73. The van der Waals surface area contributed by atoms with E-state index in [1.807, 2.05) is 88.4 Å². The fourth-order valence-corrected chi connectivity index (χ4v) is 6.60. The average Bonchev–Trinajstić information content (AvgIpc) is 3.93. The molecule has 0 aliphatic heterocycles. The van der Waals surface area contributed by atoms with E-state index >= 15 is 0 Å². The quantitative estimate of drug-likeness (QED) is 0.0592. The van der Waals surface area contributed by atoms with Crippen LogP contribution < -0.4 is 22.5 Å². The van der Waals surface area contributed by atoms with E-state index in [2.05, 4.69) is 10.2 Å². The zero-order chi connectivity index (χ0) is 46.1. The third kappa shape index (κ3) is 12.5. The fraction of sp³-hybridized carbons (Fsp3) is 0.341. The molecule has 0 atom stereocenters. The highest BCUT2D eigenvalue weighted by Gasteiger charge is 2.26. The van der Waals surface area contributed by atoms with Gasteiger partial charge in [-0.3, -0.25) is 62.2 Å². The summed E-state index contributed by atoms with van der Waals surface area (Å²) >= 11 is 0. The van der Waals surface area contributed by atoms with Crippen molar-refractivity contribution in [3.05, 3.63) is 181 Å². The van der Waals surface area contributed by atoms with Crippen molar-refractivity contribution in [2.24, 2.45) is 0 Å². The molecule has 0 saturated carbocycles. The van der Waals surface area contributed by atoms with Crippen molar-refractivity contribution in [2.75, 3.05) is 0 Å². The van der Waals surface area contributed by atoms with Gasteiger partial charge in [0.15, 0.2) is 6.29 Å². The third-order valence-corrected chi connectivity index (χ3v) is 9.51. The predicted octanol–water partition coefficient (Wildman–Crippen LogP) is 5.94. The molecule has 6 aromatic rings. The SMILES string of the molecule is CCCn1c(/C=C/c2cnn(Cc3ccccc3)c2)c([N+](=O)[O-])c(=O)n(CCC)c1=O.CCCn1c(C)c([N+](=O)[O-])c(=O)n(CCC)c1=O.O=Cc1cnn(Cc2ccccc2)c1. The number of hydrogen-bond donors (Lipinski definition) is 0. The van der Waals surface area contributed by atoms with Crippen LogP contribution in [-0.4, -0.2) is 54.0 Å². The fourth-order valence-electron chi connectivity index (χ4n) is 6.60. The van der Waals surface area contributed by atoms with E-state index in [0.717, 1.165) is 21.0 Å². The lowest BCUT2D eigenvalue weighted by Gasteiger charge is -2.12. The molecule has 0 unspecified atom stereocenters. The maximum Gasteiger partial charge on any atom is 0.357 e. The second-order valence-corrected chi connectivity index (χ2v) is 14.3. The van der Waals surface area contributed by atoms with Gasteiger partial charge in [0.25, 0.3) is 0 Å². The van der Waals surface area contributed by atoms with E-state index in [-0.39, 0.29) is 31.0 Å². The van der Waals surface area contributed by atoms with Crippen LogP contribution in [0.25, 0.3) is 12.2 Å². The van der Waals surface area contributed by atoms with Crippen LogP contribution in [0.2, 0.25) is 0 Å². The van der Waals surface area contributed by atoms with Crippen molar-refractivity contribution in [2.45, 2.75) is 99.6 Å². The standard InChI is InChI=1S/C22H25N5O4.C11H17N3O4.C11H10N2O/c1-3-12-25-19(20(27(30)31)21(28)26(13-4-2)22(25)29)11-10-18-14-23-24(16-18)15-17-8-6-5-7-9-17;1-4-6-12-8(3)9(14(17)18)10(15)13(7-5-2)11(12)16;14-9-11-6-12-13(8-11)7-10-4-2-1-3-5-10/h5-11,14,16H,3-4,12-13,15H2,1-2H3;4-7H2,1-3H3;1-6,8-9H,7H2/b11-10+;;. The van der Waals surface area contributed by atoms with Gasteiger partial charge in [0, 0.05) is 44.1 Å². The summed E-state index contributed by atoms with van der Waals surface area (Å²) in [5.74, 6) is 0. The summed E-state index contributed by atoms with van der Waals surface area (Å²) in [5, 5.41) is 31.0. The van der Waals surface area contributed by atoms with Gasteiger partial charge in [-0.1, -0.05) is 88.4 Å². The van der Waals surface area contributed by atoms with Crippen LogP contribution in [0.1, 0.15) is 91.8 Å². The Balaban J connectivity index is 0.000000229. The molecule has 63 heavy (non-hydrogen) atoms. The van der Waals surface area contributed by atoms with Gasteiger partial charge >= 0.3 is 33.9 Å². The first-order valence-corrected chi connectivity index (χ1v) is 20.6. The smallest absolute Gasteiger partial charge is 0.298 e. The van der Waals surface area contributed by atoms with Crippen LogP contribution >= 0.6 is 0 Å². The Morgan fingerprint density at radius 3 is 1.43 bits per heavy atom. The van der Waals surface area contributed by atoms with Gasteiger partial charge in [-0.2, -0.15) is 10.2 Å². The van der Waals surface area contributed by atoms with E-state index in [0.29, 0.717) is 56.4 Å². The van der Waals surface area contributed by atoms with Gasteiger partial charge in [-0.25, -0.2) is 9.59 Å². The molecular formula is C44H52N10O9. The average molecular weight is 865 g/mol. The minimum absolute atomic E-state index is 0.00464. The molecule has 0 spiro atoms. The minimum atomic E-state index is -0.872. The van der Waals surface area contributed by atoms with Crippen LogP contribution in [0.3, 0.4) is 0 Å². The van der Waals surface area contributed by atoms with Gasteiger partial charge < -0.3 is 0 Å². The van der Waals surface area contributed by atoms with Crippen LogP contribution in [0.15, 0.2) is 105 Å². The first kappa shape index (κ1) is 48.1. The number of aldehydes is 1. The Morgan fingerprint density at radius 1 is 0.571 bits per heavy atom. The highest BCUT2D eigenvalue weighted by atomic mass is 16.6. The summed E-state index contributed by atoms with van der Waals surface area (Å²) in [6, 6.07) is 19.8. The van der Waals surface area contributed by atoms with Crippen molar-refractivity contribution in [1.82, 2.24) is 37.8 Å². The number of nitrogens with zero attached hydrogens (tertiary/aromatic N) is 10. The maximum atomic E-state index is 12.8. The zero-order valence-corrected chi connectivity index (χ0v) is 36.0. The molecule has 0 saturated heterocycles. The van der Waals surface area contributed by atoms with E-state index < -0.39 is 43.7 Å². The third-order valence-electron chi connectivity index (χ3n) is 9.51. The van der Waals surface area contributed by atoms with Crippen LogP contribution in [0.5, 0.6) is 0 Å². The lowest BCUT2D eigenvalue weighted by molar-refractivity contribution is -0.387. The Kier molecular flexibility index (Phi) is 17.9. The molecule has 0 aliphatic rings. The normalized spacial score (nSPS) is 10.8. The van der Waals surface area contributed by atoms with Gasteiger partial charge in [-0.05, 0) is 55.9 Å². The molecule has 0 amide bonds. The molecule has 6 rings (SSSR count). The molecule has 4 aromatic heterocycles. The maximum absolute atomic E-state index is 12.8. The molecule has 0 bridgehead atoms. The number of nitro groups is 2. The Hall–Kier alpha value is -7.57. The molecule has 0 aliphatic carbocycles. The number of rotatable bonds is 17. The number of carbonyl (C=O) groups is 1. The molecule has 2 aromatic carbocycles. The number of aromatic nitrogens is 8. The molecular weight excluding hydrogens is 813 g/mol. The predicted molar refractivity (Wildman–Crippen MR) is 239 cm³/mol. The van der Waals surface area contributed by atoms with Crippen LogP contribution in [0, 0.1) is 27.2 Å². The van der Waals surface area contributed by atoms with Crippen LogP contribution in [0.4, 0.5) is 11.4 Å². The Morgan fingerprint density at radius 2 is 0.984 bits per heavy atom. The summed E-state index contributed by atoms with van der Waals surface area (Å²) in [4.78, 5) is 81.1.